The van der Waals surface area contributed by atoms with Crippen molar-refractivity contribution < 1.29 is 19.8 Å². The van der Waals surface area contributed by atoms with Gasteiger partial charge in [0.25, 0.3) is 11.8 Å². The Morgan fingerprint density at radius 2 is 1.25 bits per heavy atom. The lowest BCUT2D eigenvalue weighted by Gasteiger charge is -2.21. The van der Waals surface area contributed by atoms with Crippen LogP contribution in [0.3, 0.4) is 0 Å². The molecule has 0 heterocycles. The fourth-order valence-electron chi connectivity index (χ4n) is 1.71. The van der Waals surface area contributed by atoms with E-state index in [1.165, 1.54) is 0 Å². The Morgan fingerprint density at radius 3 is 1.50 bits per heavy atom. The van der Waals surface area contributed by atoms with Crippen LogP contribution in [0.1, 0.15) is 32.2 Å². The lowest BCUT2D eigenvalue weighted by molar-refractivity contribution is 0.0997. The quantitative estimate of drug-likeness (QED) is 0.365. The first kappa shape index (κ1) is 18.3. The molecular formula is C11H11I3N2O4. The van der Waals surface area contributed by atoms with Gasteiger partial charge in [0.2, 0.25) is 0 Å². The molecule has 0 aliphatic rings. The summed E-state index contributed by atoms with van der Waals surface area (Å²) in [4.78, 5) is 23.2. The van der Waals surface area contributed by atoms with Crippen molar-refractivity contribution in [3.05, 3.63) is 27.4 Å². The van der Waals surface area contributed by atoms with E-state index in [9.17, 15) is 19.8 Å². The summed E-state index contributed by atoms with van der Waals surface area (Å²) in [6.07, 6.45) is 0. The van der Waals surface area contributed by atoms with Crippen LogP contribution in [0, 0.1) is 10.7 Å². The molecule has 1 aromatic carbocycles. The number of hydrogen-bond acceptors (Lipinski definition) is 4. The molecule has 0 spiro atoms. The van der Waals surface area contributed by atoms with Gasteiger partial charge in [-0.05, 0) is 73.3 Å². The molecule has 1 rings (SSSR count). The molecule has 6 N–H and O–H groups in total. The van der Waals surface area contributed by atoms with E-state index in [4.69, 9.17) is 11.5 Å². The molecule has 1 aromatic rings. The maximum absolute atomic E-state index is 11.6. The zero-order chi connectivity index (χ0) is 15.6. The standard InChI is InChI=1S/C11H11I3N2O4/c12-7-4(3(1-17)2-18)8(13)6(11(16)20)9(14)5(7)10(15)19/h3,17-18H,1-2H2,(H2,15,19)(H2,16,20). The van der Waals surface area contributed by atoms with Crippen LogP contribution < -0.4 is 11.5 Å². The van der Waals surface area contributed by atoms with Crippen molar-refractivity contribution in [2.24, 2.45) is 11.5 Å². The lowest BCUT2D eigenvalue weighted by Crippen LogP contribution is -2.25. The van der Waals surface area contributed by atoms with Crippen molar-refractivity contribution in [1.29, 1.82) is 0 Å². The number of primary amides is 2. The zero-order valence-corrected chi connectivity index (χ0v) is 16.5. The molecule has 110 valence electrons. The normalized spacial score (nSPS) is 10.9. The number of aliphatic hydroxyl groups is 2. The molecule has 0 unspecified atom stereocenters. The fraction of sp³-hybridized carbons (Fsp3) is 0.273. The summed E-state index contributed by atoms with van der Waals surface area (Å²) in [7, 11) is 0. The average molecular weight is 616 g/mol. The summed E-state index contributed by atoms with van der Waals surface area (Å²) in [5, 5.41) is 18.7. The third-order valence-electron chi connectivity index (χ3n) is 2.69. The summed E-state index contributed by atoms with van der Waals surface area (Å²) in [5.74, 6) is -1.98. The molecule has 0 aliphatic carbocycles. The van der Waals surface area contributed by atoms with E-state index in [0.717, 1.165) is 0 Å². The van der Waals surface area contributed by atoms with Gasteiger partial charge in [0.05, 0.1) is 24.3 Å². The highest BCUT2D eigenvalue weighted by Gasteiger charge is 2.28. The monoisotopic (exact) mass is 616 g/mol. The van der Waals surface area contributed by atoms with E-state index in [1.807, 2.05) is 67.8 Å². The second-order valence-corrected chi connectivity index (χ2v) is 7.13. The van der Waals surface area contributed by atoms with Gasteiger partial charge in [-0.3, -0.25) is 9.59 Å². The highest BCUT2D eigenvalue weighted by Crippen LogP contribution is 2.35. The minimum atomic E-state index is -0.687. The number of hydrogen-bond donors (Lipinski definition) is 4. The fourth-order valence-corrected chi connectivity index (χ4v) is 6.83. The molecule has 2 amide bonds. The highest BCUT2D eigenvalue weighted by molar-refractivity contribution is 14.1. The molecule has 0 fully saturated rings. The summed E-state index contributed by atoms with van der Waals surface area (Å²) < 4.78 is 1.42. The van der Waals surface area contributed by atoms with Crippen LogP contribution in [-0.2, 0) is 0 Å². The molecule has 9 heteroatoms. The van der Waals surface area contributed by atoms with Gasteiger partial charge in [-0.2, -0.15) is 0 Å². The number of carbonyl (C=O) groups excluding carboxylic acids is 2. The van der Waals surface area contributed by atoms with Crippen LogP contribution in [0.15, 0.2) is 0 Å². The van der Waals surface area contributed by atoms with Gasteiger partial charge in [0.1, 0.15) is 0 Å². The van der Waals surface area contributed by atoms with Crippen LogP contribution >= 0.6 is 67.8 Å². The number of halogens is 3. The zero-order valence-electron chi connectivity index (χ0n) is 9.99. The van der Waals surface area contributed by atoms with Crippen molar-refractivity contribution >= 4 is 79.6 Å². The van der Waals surface area contributed by atoms with Crippen LogP contribution in [0.4, 0.5) is 0 Å². The minimum absolute atomic E-state index is 0.183. The molecule has 0 atom stereocenters. The lowest BCUT2D eigenvalue weighted by atomic mass is 9.95. The summed E-state index contributed by atoms with van der Waals surface area (Å²) in [5.41, 5.74) is 11.6. The van der Waals surface area contributed by atoms with Crippen LogP contribution in [-0.4, -0.2) is 35.2 Å². The molecule has 0 aromatic heterocycles. The molecule has 6 nitrogen and oxygen atoms in total. The Balaban J connectivity index is 3.84. The largest absolute Gasteiger partial charge is 0.396 e. The number of aliphatic hydroxyl groups excluding tert-OH is 2. The van der Waals surface area contributed by atoms with Gasteiger partial charge < -0.3 is 21.7 Å². The van der Waals surface area contributed by atoms with Gasteiger partial charge >= 0.3 is 0 Å². The second kappa shape index (κ2) is 7.51. The second-order valence-electron chi connectivity index (χ2n) is 3.90. The summed E-state index contributed by atoms with van der Waals surface area (Å²) >= 11 is 5.70. The molecular weight excluding hydrogens is 605 g/mol. The van der Waals surface area contributed by atoms with E-state index in [2.05, 4.69) is 0 Å². The van der Waals surface area contributed by atoms with Gasteiger partial charge in [-0.15, -0.1) is 0 Å². The summed E-state index contributed by atoms with van der Waals surface area (Å²) in [6.45, 7) is -0.640. The Bertz CT molecular complexity index is 532. The van der Waals surface area contributed by atoms with Gasteiger partial charge in [-0.25, -0.2) is 0 Å². The van der Waals surface area contributed by atoms with Crippen molar-refractivity contribution in [2.75, 3.05) is 13.2 Å². The van der Waals surface area contributed by atoms with Crippen LogP contribution in [0.5, 0.6) is 0 Å². The third kappa shape index (κ3) is 3.36. The summed E-state index contributed by atoms with van der Waals surface area (Å²) in [6, 6.07) is 0. The first-order valence-corrected chi connectivity index (χ1v) is 8.53. The number of nitrogens with two attached hydrogens (primary N) is 2. The van der Waals surface area contributed by atoms with E-state index in [-0.39, 0.29) is 24.3 Å². The Labute approximate surface area is 156 Å². The Kier molecular flexibility index (Phi) is 6.88. The Morgan fingerprint density at radius 1 is 0.900 bits per heavy atom. The number of rotatable bonds is 5. The molecule has 20 heavy (non-hydrogen) atoms. The minimum Gasteiger partial charge on any atom is -0.396 e. The van der Waals surface area contributed by atoms with Crippen LogP contribution in [0.2, 0.25) is 0 Å². The molecule has 0 radical (unpaired) electrons. The van der Waals surface area contributed by atoms with E-state index in [0.29, 0.717) is 16.3 Å². The number of benzene rings is 1. The van der Waals surface area contributed by atoms with Crippen molar-refractivity contribution in [3.8, 4) is 0 Å². The van der Waals surface area contributed by atoms with Crippen molar-refractivity contribution in [1.82, 2.24) is 0 Å². The maximum Gasteiger partial charge on any atom is 0.250 e. The smallest absolute Gasteiger partial charge is 0.250 e. The van der Waals surface area contributed by atoms with Gasteiger partial charge in [-0.1, -0.05) is 0 Å². The molecule has 0 aliphatic heterocycles. The molecule has 0 bridgehead atoms. The van der Waals surface area contributed by atoms with Gasteiger partial charge in [0.15, 0.2) is 0 Å². The van der Waals surface area contributed by atoms with E-state index >= 15 is 0 Å². The third-order valence-corrected chi connectivity index (χ3v) is 6.01. The highest BCUT2D eigenvalue weighted by atomic mass is 127. The maximum atomic E-state index is 11.6. The predicted octanol–water partition coefficient (Wildman–Crippen LogP) is 0.766. The first-order chi connectivity index (χ1) is 9.27. The van der Waals surface area contributed by atoms with Crippen molar-refractivity contribution in [3.63, 3.8) is 0 Å². The predicted molar refractivity (Wildman–Crippen MR) is 98.5 cm³/mol. The Hall–Kier alpha value is 0.270. The number of carbonyl (C=O) groups is 2. The average Bonchev–Trinajstić information content (AvgIpc) is 2.33. The van der Waals surface area contributed by atoms with Crippen molar-refractivity contribution in [2.45, 2.75) is 5.92 Å². The van der Waals surface area contributed by atoms with E-state index in [1.54, 1.807) is 0 Å². The number of amides is 2. The topological polar surface area (TPSA) is 127 Å². The SMILES string of the molecule is NC(=O)c1c(I)c(C(N)=O)c(I)c(C(CO)CO)c1I. The van der Waals surface area contributed by atoms with Crippen LogP contribution in [0.25, 0.3) is 0 Å². The molecule has 0 saturated carbocycles. The molecule has 0 saturated heterocycles. The first-order valence-electron chi connectivity index (χ1n) is 5.29. The van der Waals surface area contributed by atoms with Gasteiger partial charge in [0, 0.05) is 16.6 Å². The van der Waals surface area contributed by atoms with E-state index < -0.39 is 17.7 Å².